The smallest absolute Gasteiger partial charge is 0.123 e. The lowest BCUT2D eigenvalue weighted by Gasteiger charge is -2.24. The number of aromatic nitrogens is 1. The van der Waals surface area contributed by atoms with E-state index in [0.29, 0.717) is 12.6 Å². The zero-order valence-electron chi connectivity index (χ0n) is 12.0. The van der Waals surface area contributed by atoms with E-state index in [2.05, 4.69) is 9.88 Å². The first-order chi connectivity index (χ1) is 10.1. The third-order valence-electron chi connectivity index (χ3n) is 3.92. The zero-order valence-corrected chi connectivity index (χ0v) is 12.8. The van der Waals surface area contributed by atoms with Crippen LogP contribution in [0.15, 0.2) is 29.8 Å². The third kappa shape index (κ3) is 3.67. The van der Waals surface area contributed by atoms with Gasteiger partial charge in [-0.05, 0) is 37.5 Å². The van der Waals surface area contributed by atoms with Gasteiger partial charge in [0.2, 0.25) is 0 Å². The summed E-state index contributed by atoms with van der Waals surface area (Å²) in [4.78, 5) is 7.86. The van der Waals surface area contributed by atoms with Crippen molar-refractivity contribution in [3.63, 3.8) is 0 Å². The summed E-state index contributed by atoms with van der Waals surface area (Å²) in [6, 6.07) is 6.66. The third-order valence-corrected chi connectivity index (χ3v) is 4.84. The quantitative estimate of drug-likeness (QED) is 0.889. The first-order valence-electron chi connectivity index (χ1n) is 7.20. The lowest BCUT2D eigenvalue weighted by molar-refractivity contribution is 0.105. The molecule has 1 aromatic heterocycles. The zero-order chi connectivity index (χ0) is 14.8. The Morgan fingerprint density at radius 1 is 1.38 bits per heavy atom. The second-order valence-electron chi connectivity index (χ2n) is 5.59. The molecule has 0 aliphatic heterocycles. The van der Waals surface area contributed by atoms with Crippen molar-refractivity contribution in [3.05, 3.63) is 51.7 Å². The molecule has 0 bridgehead atoms. The van der Waals surface area contributed by atoms with Crippen LogP contribution in [-0.4, -0.2) is 27.6 Å². The average Bonchev–Trinajstić information content (AvgIpc) is 3.24. The maximum Gasteiger partial charge on any atom is 0.123 e. The van der Waals surface area contributed by atoms with Crippen LogP contribution in [0.2, 0.25) is 0 Å². The van der Waals surface area contributed by atoms with E-state index in [1.165, 1.54) is 29.9 Å². The van der Waals surface area contributed by atoms with Crippen molar-refractivity contribution in [1.29, 1.82) is 0 Å². The standard InChI is InChI=1S/C16H19FN2OS/c1-11-16(21-10-18-11)9-19(14-6-7-14)8-15(20)12-2-4-13(17)5-3-12/h2-5,10,14-15,20H,6-9H2,1H3. The number of halogens is 1. The van der Waals surface area contributed by atoms with Crippen LogP contribution in [0.5, 0.6) is 0 Å². The van der Waals surface area contributed by atoms with Gasteiger partial charge in [-0.15, -0.1) is 11.3 Å². The Kier molecular flexibility index (Phi) is 4.33. The molecule has 1 unspecified atom stereocenters. The number of hydrogen-bond acceptors (Lipinski definition) is 4. The minimum absolute atomic E-state index is 0.273. The van der Waals surface area contributed by atoms with Gasteiger partial charge in [0.15, 0.2) is 0 Å². The first kappa shape index (κ1) is 14.6. The van der Waals surface area contributed by atoms with Crippen LogP contribution in [0.3, 0.4) is 0 Å². The molecule has 1 fully saturated rings. The summed E-state index contributed by atoms with van der Waals surface area (Å²) < 4.78 is 12.9. The van der Waals surface area contributed by atoms with Crippen LogP contribution in [0.25, 0.3) is 0 Å². The Morgan fingerprint density at radius 3 is 2.67 bits per heavy atom. The fourth-order valence-corrected chi connectivity index (χ4v) is 3.26. The van der Waals surface area contributed by atoms with E-state index in [1.54, 1.807) is 23.5 Å². The summed E-state index contributed by atoms with van der Waals surface area (Å²) in [6.45, 7) is 3.43. The monoisotopic (exact) mass is 306 g/mol. The Bertz CT molecular complexity index is 595. The molecule has 0 spiro atoms. The van der Waals surface area contributed by atoms with Crippen molar-refractivity contribution < 1.29 is 9.50 Å². The summed E-state index contributed by atoms with van der Waals surface area (Å²) in [5, 5.41) is 10.4. The molecular formula is C16H19FN2OS. The molecule has 3 rings (SSSR count). The van der Waals surface area contributed by atoms with Gasteiger partial charge in [0.05, 0.1) is 17.3 Å². The van der Waals surface area contributed by atoms with E-state index >= 15 is 0 Å². The number of hydrogen-bond donors (Lipinski definition) is 1. The van der Waals surface area contributed by atoms with Crippen molar-refractivity contribution in [3.8, 4) is 0 Å². The lowest BCUT2D eigenvalue weighted by atomic mass is 10.1. The lowest BCUT2D eigenvalue weighted by Crippen LogP contribution is -2.30. The van der Waals surface area contributed by atoms with Gasteiger partial charge in [-0.3, -0.25) is 4.90 Å². The fraction of sp³-hybridized carbons (Fsp3) is 0.438. The first-order valence-corrected chi connectivity index (χ1v) is 8.08. The molecule has 1 N–H and O–H groups in total. The van der Waals surface area contributed by atoms with E-state index in [-0.39, 0.29) is 5.82 Å². The Morgan fingerprint density at radius 2 is 2.10 bits per heavy atom. The molecule has 2 aromatic rings. The summed E-state index contributed by atoms with van der Waals surface area (Å²) in [5.41, 5.74) is 3.71. The number of aliphatic hydroxyl groups excluding tert-OH is 1. The molecule has 0 saturated heterocycles. The average molecular weight is 306 g/mol. The SMILES string of the molecule is Cc1ncsc1CN(CC(O)c1ccc(F)cc1)C1CC1. The van der Waals surface area contributed by atoms with Crippen LogP contribution >= 0.6 is 11.3 Å². The van der Waals surface area contributed by atoms with Gasteiger partial charge in [-0.25, -0.2) is 9.37 Å². The van der Waals surface area contributed by atoms with Gasteiger partial charge in [-0.1, -0.05) is 12.1 Å². The molecule has 1 aliphatic rings. The highest BCUT2D eigenvalue weighted by Crippen LogP contribution is 2.31. The highest BCUT2D eigenvalue weighted by molar-refractivity contribution is 7.09. The summed E-state index contributed by atoms with van der Waals surface area (Å²) >= 11 is 1.66. The minimum Gasteiger partial charge on any atom is -0.387 e. The van der Waals surface area contributed by atoms with Crippen molar-refractivity contribution >= 4 is 11.3 Å². The molecule has 1 aromatic carbocycles. The van der Waals surface area contributed by atoms with Crippen LogP contribution in [0, 0.1) is 12.7 Å². The minimum atomic E-state index is -0.584. The van der Waals surface area contributed by atoms with Crippen LogP contribution in [-0.2, 0) is 6.54 Å². The van der Waals surface area contributed by atoms with Gasteiger partial charge in [0.25, 0.3) is 0 Å². The highest BCUT2D eigenvalue weighted by atomic mass is 32.1. The predicted octanol–water partition coefficient (Wildman–Crippen LogP) is 3.29. The summed E-state index contributed by atoms with van der Waals surface area (Å²) in [5.74, 6) is -0.273. The van der Waals surface area contributed by atoms with Crippen molar-refractivity contribution in [2.45, 2.75) is 38.5 Å². The topological polar surface area (TPSA) is 36.4 Å². The molecule has 0 radical (unpaired) electrons. The van der Waals surface area contributed by atoms with Gasteiger partial charge in [0.1, 0.15) is 5.82 Å². The summed E-state index contributed by atoms with van der Waals surface area (Å²) in [7, 11) is 0. The predicted molar refractivity (Wildman–Crippen MR) is 81.6 cm³/mol. The van der Waals surface area contributed by atoms with E-state index < -0.39 is 6.10 Å². The van der Waals surface area contributed by atoms with E-state index in [4.69, 9.17) is 0 Å². The van der Waals surface area contributed by atoms with E-state index in [9.17, 15) is 9.50 Å². The Balaban J connectivity index is 1.67. The maximum absolute atomic E-state index is 12.9. The van der Waals surface area contributed by atoms with E-state index in [1.807, 2.05) is 12.4 Å². The fourth-order valence-electron chi connectivity index (χ4n) is 2.46. The van der Waals surface area contributed by atoms with Gasteiger partial charge in [0, 0.05) is 24.0 Å². The number of thiazole rings is 1. The van der Waals surface area contributed by atoms with Crippen LogP contribution in [0.1, 0.15) is 35.1 Å². The Labute approximate surface area is 128 Å². The summed E-state index contributed by atoms with van der Waals surface area (Å²) in [6.07, 6.45) is 1.79. The molecule has 112 valence electrons. The number of nitrogens with zero attached hydrogens (tertiary/aromatic N) is 2. The van der Waals surface area contributed by atoms with Gasteiger partial charge in [-0.2, -0.15) is 0 Å². The van der Waals surface area contributed by atoms with Crippen molar-refractivity contribution in [2.75, 3.05) is 6.54 Å². The molecule has 21 heavy (non-hydrogen) atoms. The molecular weight excluding hydrogens is 287 g/mol. The number of aliphatic hydroxyl groups is 1. The van der Waals surface area contributed by atoms with Crippen LogP contribution < -0.4 is 0 Å². The number of benzene rings is 1. The normalized spacial score (nSPS) is 16.4. The number of rotatable bonds is 6. The highest BCUT2D eigenvalue weighted by Gasteiger charge is 2.31. The Hall–Kier alpha value is -1.30. The molecule has 1 atom stereocenters. The van der Waals surface area contributed by atoms with Crippen LogP contribution in [0.4, 0.5) is 4.39 Å². The maximum atomic E-state index is 12.9. The molecule has 1 aliphatic carbocycles. The molecule has 1 saturated carbocycles. The van der Waals surface area contributed by atoms with Gasteiger partial charge < -0.3 is 5.11 Å². The molecule has 0 amide bonds. The largest absolute Gasteiger partial charge is 0.387 e. The van der Waals surface area contributed by atoms with Gasteiger partial charge >= 0.3 is 0 Å². The van der Waals surface area contributed by atoms with E-state index in [0.717, 1.165) is 17.8 Å². The second kappa shape index (κ2) is 6.22. The number of aryl methyl sites for hydroxylation is 1. The second-order valence-corrected chi connectivity index (χ2v) is 6.53. The van der Waals surface area contributed by atoms with Crippen molar-refractivity contribution in [2.24, 2.45) is 0 Å². The molecule has 1 heterocycles. The molecule has 5 heteroatoms. The van der Waals surface area contributed by atoms with Crippen molar-refractivity contribution in [1.82, 2.24) is 9.88 Å². The molecule has 3 nitrogen and oxygen atoms in total.